The number of carboxylic acids is 2. The lowest BCUT2D eigenvalue weighted by Crippen LogP contribution is -2.40. The van der Waals surface area contributed by atoms with Crippen molar-refractivity contribution in [1.29, 1.82) is 0 Å². The molecular weight excluding hydrogens is 743 g/mol. The molecule has 2 unspecified atom stereocenters. The lowest BCUT2D eigenvalue weighted by atomic mass is 10.0. The standard InChI is InChI=1S/C34H38ClFN4O3S.C4H6O6/c1-3-38(4-2)18-19-39(21-25-5-9-27(10-6-25)28-11-13-30(35)14-12-28)32(42)23-40-22-29(17-20-41)33(43)37-34(40)44-24-26-7-15-31(36)16-8-26;5-1(3(7)8)2(6)4(9)10/h5-16,22,41H,3-4,17-21,23-24H2,1-2H3;1-2,5-6H,(H,7,8)(H,9,10). The van der Waals surface area contributed by atoms with Crippen LogP contribution in [0, 0.1) is 5.82 Å². The fraction of sp³-hybridized carbons (Fsp3) is 0.342. The molecule has 5 N–H and O–H groups in total. The normalized spacial score (nSPS) is 12.1. The Morgan fingerprint density at radius 3 is 1.91 bits per heavy atom. The average molecular weight is 787 g/mol. The Kier molecular flexibility index (Phi) is 17.8. The molecule has 1 aromatic heterocycles. The number of hydrogen-bond donors (Lipinski definition) is 5. The Morgan fingerprint density at radius 1 is 0.852 bits per heavy atom. The quantitative estimate of drug-likeness (QED) is 0.0726. The van der Waals surface area contributed by atoms with Crippen LogP contribution in [-0.2, 0) is 39.6 Å². The molecule has 1 amide bonds. The monoisotopic (exact) mass is 786 g/mol. The second-order valence-electron chi connectivity index (χ2n) is 12.0. The van der Waals surface area contributed by atoms with E-state index in [-0.39, 0.29) is 31.3 Å². The van der Waals surface area contributed by atoms with E-state index in [2.05, 4.69) is 23.7 Å². The molecule has 0 spiro atoms. The number of amides is 1. The number of carbonyl (C=O) groups excluding carboxylic acids is 1. The number of thioether (sulfide) groups is 1. The summed E-state index contributed by atoms with van der Waals surface area (Å²) in [5, 5.41) is 43.1. The molecule has 54 heavy (non-hydrogen) atoms. The molecule has 3 aromatic carbocycles. The predicted octanol–water partition coefficient (Wildman–Crippen LogP) is 3.78. The van der Waals surface area contributed by atoms with E-state index in [9.17, 15) is 28.7 Å². The van der Waals surface area contributed by atoms with Crippen LogP contribution in [0.5, 0.6) is 0 Å². The summed E-state index contributed by atoms with van der Waals surface area (Å²) in [4.78, 5) is 54.5. The van der Waals surface area contributed by atoms with E-state index >= 15 is 0 Å². The summed E-state index contributed by atoms with van der Waals surface area (Å²) in [6, 6.07) is 22.0. The van der Waals surface area contributed by atoms with E-state index in [1.165, 1.54) is 23.9 Å². The number of halogens is 2. The van der Waals surface area contributed by atoms with Crippen LogP contribution in [0.2, 0.25) is 5.02 Å². The van der Waals surface area contributed by atoms with Gasteiger partial charge in [-0.15, -0.1) is 0 Å². The van der Waals surface area contributed by atoms with Crippen molar-refractivity contribution in [3.8, 4) is 11.1 Å². The highest BCUT2D eigenvalue weighted by Gasteiger charge is 2.29. The number of aromatic nitrogens is 2. The lowest BCUT2D eigenvalue weighted by Gasteiger charge is -2.27. The number of aliphatic hydroxyl groups is 3. The number of hydrogen-bond acceptors (Lipinski definition) is 10. The predicted molar refractivity (Wildman–Crippen MR) is 203 cm³/mol. The van der Waals surface area contributed by atoms with Gasteiger partial charge in [0.05, 0.1) is 0 Å². The zero-order valence-corrected chi connectivity index (χ0v) is 31.4. The number of aliphatic carboxylic acids is 2. The van der Waals surface area contributed by atoms with E-state index in [1.54, 1.807) is 22.9 Å². The van der Waals surface area contributed by atoms with Crippen LogP contribution >= 0.6 is 23.4 Å². The fourth-order valence-corrected chi connectivity index (χ4v) is 6.09. The molecule has 16 heteroatoms. The Hall–Kier alpha value is -4.64. The maximum Gasteiger partial charge on any atom is 0.335 e. The number of likely N-dealkylation sites (N-methyl/N-ethyl adjacent to an activating group) is 1. The van der Waals surface area contributed by atoms with Crippen LogP contribution in [0.1, 0.15) is 30.5 Å². The van der Waals surface area contributed by atoms with Gasteiger partial charge >= 0.3 is 11.9 Å². The highest BCUT2D eigenvalue weighted by Crippen LogP contribution is 2.24. The first-order chi connectivity index (χ1) is 25.8. The van der Waals surface area contributed by atoms with Crippen LogP contribution in [0.3, 0.4) is 0 Å². The molecule has 0 aliphatic rings. The first kappa shape index (κ1) is 43.8. The van der Waals surface area contributed by atoms with E-state index in [1.807, 2.05) is 53.4 Å². The smallest absolute Gasteiger partial charge is 0.335 e. The third kappa shape index (κ3) is 13.6. The van der Waals surface area contributed by atoms with Crippen molar-refractivity contribution in [2.45, 2.75) is 56.5 Å². The van der Waals surface area contributed by atoms with Crippen molar-refractivity contribution >= 4 is 41.2 Å². The van der Waals surface area contributed by atoms with Crippen molar-refractivity contribution in [3.63, 3.8) is 0 Å². The van der Waals surface area contributed by atoms with Gasteiger partial charge in [0.1, 0.15) is 12.4 Å². The SMILES string of the molecule is CCN(CC)CCN(Cc1ccc(-c2ccc(Cl)cc2)cc1)C(=O)Cn1cc(CCO)c(=O)nc1SCc1ccc(F)cc1.O=C(O)C(O)C(O)C(=O)O. The summed E-state index contributed by atoms with van der Waals surface area (Å²) < 4.78 is 15.1. The number of carbonyl (C=O) groups is 3. The van der Waals surface area contributed by atoms with Gasteiger partial charge in [0.2, 0.25) is 5.91 Å². The second-order valence-corrected chi connectivity index (χ2v) is 13.4. The molecule has 0 fully saturated rings. The number of rotatable bonds is 18. The fourth-order valence-electron chi connectivity index (χ4n) is 5.05. The molecule has 0 bridgehead atoms. The molecule has 4 rings (SSSR count). The zero-order valence-electron chi connectivity index (χ0n) is 29.8. The van der Waals surface area contributed by atoms with Crippen molar-refractivity contribution in [2.24, 2.45) is 0 Å². The van der Waals surface area contributed by atoms with Gasteiger partial charge in [-0.25, -0.2) is 14.0 Å². The summed E-state index contributed by atoms with van der Waals surface area (Å²) in [5.74, 6) is -3.52. The molecule has 0 aliphatic carbocycles. The molecule has 4 aromatic rings. The maximum absolute atomic E-state index is 13.9. The third-order valence-corrected chi connectivity index (χ3v) is 9.55. The number of carboxylic acid groups (broad SMARTS) is 2. The maximum atomic E-state index is 13.9. The molecule has 0 saturated carbocycles. The topological polar surface area (TPSA) is 194 Å². The summed E-state index contributed by atoms with van der Waals surface area (Å²) >= 11 is 7.36. The lowest BCUT2D eigenvalue weighted by molar-refractivity contribution is -0.165. The summed E-state index contributed by atoms with van der Waals surface area (Å²) in [7, 11) is 0. The first-order valence-electron chi connectivity index (χ1n) is 17.0. The summed E-state index contributed by atoms with van der Waals surface area (Å²) in [5.41, 5.74) is 3.91. The van der Waals surface area contributed by atoms with Crippen molar-refractivity contribution in [3.05, 3.63) is 117 Å². The molecule has 0 radical (unpaired) electrons. The Bertz CT molecular complexity index is 1860. The van der Waals surface area contributed by atoms with Crippen molar-refractivity contribution in [1.82, 2.24) is 19.4 Å². The molecule has 290 valence electrons. The highest BCUT2D eigenvalue weighted by molar-refractivity contribution is 7.98. The zero-order chi connectivity index (χ0) is 39.8. The second kappa shape index (κ2) is 21.9. The van der Waals surface area contributed by atoms with Crippen LogP contribution in [0.15, 0.2) is 88.9 Å². The van der Waals surface area contributed by atoms with Gasteiger partial charge < -0.3 is 39.9 Å². The Balaban J connectivity index is 0.000000687. The largest absolute Gasteiger partial charge is 0.479 e. The third-order valence-electron chi connectivity index (χ3n) is 8.24. The van der Waals surface area contributed by atoms with Gasteiger partial charge in [0.15, 0.2) is 17.4 Å². The average Bonchev–Trinajstić information content (AvgIpc) is 3.16. The number of benzene rings is 3. The summed E-state index contributed by atoms with van der Waals surface area (Å²) in [6.07, 6.45) is -2.76. The minimum absolute atomic E-state index is 0.0153. The van der Waals surface area contributed by atoms with E-state index in [0.717, 1.165) is 41.9 Å². The minimum Gasteiger partial charge on any atom is -0.479 e. The van der Waals surface area contributed by atoms with E-state index < -0.39 is 29.7 Å². The van der Waals surface area contributed by atoms with E-state index in [0.29, 0.717) is 34.6 Å². The first-order valence-corrected chi connectivity index (χ1v) is 18.4. The molecule has 13 nitrogen and oxygen atoms in total. The Labute approximate surface area is 321 Å². The van der Waals surface area contributed by atoms with Crippen LogP contribution < -0.4 is 5.56 Å². The summed E-state index contributed by atoms with van der Waals surface area (Å²) in [6.45, 7) is 7.44. The highest BCUT2D eigenvalue weighted by atomic mass is 35.5. The van der Waals surface area contributed by atoms with Gasteiger partial charge in [-0.1, -0.05) is 85.7 Å². The Morgan fingerprint density at radius 2 is 1.39 bits per heavy atom. The van der Waals surface area contributed by atoms with Gasteiger partial charge in [-0.3, -0.25) is 9.59 Å². The van der Waals surface area contributed by atoms with Gasteiger partial charge in [-0.05, 0) is 59.6 Å². The van der Waals surface area contributed by atoms with Crippen molar-refractivity contribution in [2.75, 3.05) is 32.8 Å². The van der Waals surface area contributed by atoms with Crippen LogP contribution in [-0.4, -0.2) is 108 Å². The molecule has 0 saturated heterocycles. The molecule has 0 aliphatic heterocycles. The van der Waals surface area contributed by atoms with Crippen LogP contribution in [0.4, 0.5) is 4.39 Å². The molecule has 2 atom stereocenters. The number of nitrogens with zero attached hydrogens (tertiary/aromatic N) is 4. The van der Waals surface area contributed by atoms with E-state index in [4.69, 9.17) is 32.0 Å². The van der Waals surface area contributed by atoms with Gasteiger partial charge in [-0.2, -0.15) is 4.98 Å². The molecular formula is C38H44ClFN4O9S. The minimum atomic E-state index is -2.27. The van der Waals surface area contributed by atoms with Gasteiger partial charge in [0, 0.05) is 55.2 Å². The number of aliphatic hydroxyl groups excluding tert-OH is 3. The van der Waals surface area contributed by atoms with Crippen LogP contribution in [0.25, 0.3) is 11.1 Å². The van der Waals surface area contributed by atoms with Gasteiger partial charge in [0.25, 0.3) is 5.56 Å². The van der Waals surface area contributed by atoms with Crippen molar-refractivity contribution < 1.29 is 44.3 Å². The molecule has 1 heterocycles.